The van der Waals surface area contributed by atoms with Crippen molar-refractivity contribution >= 4 is 9.84 Å². The molecule has 0 aliphatic rings. The smallest absolute Gasteiger partial charge is 0.215 e. The van der Waals surface area contributed by atoms with Gasteiger partial charge in [0.1, 0.15) is 0 Å². The van der Waals surface area contributed by atoms with Crippen LogP contribution in [0.1, 0.15) is 12.5 Å². The molecule has 1 atom stereocenters. The number of rotatable bonds is 3. The number of aliphatic hydroxyl groups is 1. The Bertz CT molecular complexity index is 392. The molecule has 0 aliphatic carbocycles. The van der Waals surface area contributed by atoms with Gasteiger partial charge in [0.2, 0.25) is 5.06 Å². The maximum Gasteiger partial charge on any atom is 0.215 e. The molecule has 5 heteroatoms. The lowest BCUT2D eigenvalue weighted by Crippen LogP contribution is -2.45. The maximum atomic E-state index is 11.4. The summed E-state index contributed by atoms with van der Waals surface area (Å²) in [6, 6.07) is 8.59. The van der Waals surface area contributed by atoms with Crippen LogP contribution in [0.2, 0.25) is 0 Å². The molecule has 3 N–H and O–H groups in total. The van der Waals surface area contributed by atoms with E-state index in [1.54, 1.807) is 30.3 Å². The lowest BCUT2D eigenvalue weighted by atomic mass is 10.2. The van der Waals surface area contributed by atoms with E-state index in [1.807, 2.05) is 0 Å². The summed E-state index contributed by atoms with van der Waals surface area (Å²) in [6.07, 6.45) is 0. The van der Waals surface area contributed by atoms with Crippen molar-refractivity contribution in [3.8, 4) is 0 Å². The molecule has 0 spiro atoms. The van der Waals surface area contributed by atoms with Crippen molar-refractivity contribution in [1.29, 1.82) is 0 Å². The lowest BCUT2D eigenvalue weighted by Gasteiger charge is -2.17. The third-order valence-corrected chi connectivity index (χ3v) is 3.80. The molecule has 0 fully saturated rings. The van der Waals surface area contributed by atoms with E-state index >= 15 is 0 Å². The van der Waals surface area contributed by atoms with Gasteiger partial charge in [0.15, 0.2) is 9.84 Å². The van der Waals surface area contributed by atoms with Gasteiger partial charge >= 0.3 is 0 Å². The Balaban J connectivity index is 2.91. The largest absolute Gasteiger partial charge is 0.363 e. The van der Waals surface area contributed by atoms with Crippen LogP contribution >= 0.6 is 0 Å². The van der Waals surface area contributed by atoms with Gasteiger partial charge < -0.3 is 5.11 Å². The Morgan fingerprint density at radius 1 is 1.36 bits per heavy atom. The summed E-state index contributed by atoms with van der Waals surface area (Å²) in [6.45, 7) is 1.06. The SMILES string of the molecule is CC(N)(O)S(=O)(=O)Cc1ccccc1. The quantitative estimate of drug-likeness (QED) is 0.707. The molecule has 1 rings (SSSR count). The van der Waals surface area contributed by atoms with Gasteiger partial charge in [-0.15, -0.1) is 0 Å². The maximum absolute atomic E-state index is 11.4. The molecule has 0 bridgehead atoms. The van der Waals surface area contributed by atoms with Gasteiger partial charge in [-0.1, -0.05) is 30.3 Å². The van der Waals surface area contributed by atoms with Crippen molar-refractivity contribution in [3.05, 3.63) is 35.9 Å². The molecular formula is C9H13NO3S. The molecule has 78 valence electrons. The van der Waals surface area contributed by atoms with Gasteiger partial charge in [0.05, 0.1) is 5.75 Å². The minimum Gasteiger partial charge on any atom is -0.363 e. The number of hydrogen-bond donors (Lipinski definition) is 2. The second-order valence-electron chi connectivity index (χ2n) is 3.30. The molecule has 1 aromatic carbocycles. The zero-order valence-corrected chi connectivity index (χ0v) is 8.66. The lowest BCUT2D eigenvalue weighted by molar-refractivity contribution is 0.152. The van der Waals surface area contributed by atoms with E-state index in [2.05, 4.69) is 0 Å². The monoisotopic (exact) mass is 215 g/mol. The fourth-order valence-corrected chi connectivity index (χ4v) is 1.86. The van der Waals surface area contributed by atoms with Gasteiger partial charge in [0.25, 0.3) is 0 Å². The van der Waals surface area contributed by atoms with E-state index in [-0.39, 0.29) is 5.75 Å². The van der Waals surface area contributed by atoms with Crippen LogP contribution in [-0.2, 0) is 15.6 Å². The van der Waals surface area contributed by atoms with E-state index in [0.717, 1.165) is 6.92 Å². The number of hydrogen-bond acceptors (Lipinski definition) is 4. The van der Waals surface area contributed by atoms with Gasteiger partial charge in [-0.05, 0) is 12.5 Å². The molecule has 0 heterocycles. The molecule has 0 saturated heterocycles. The number of nitrogens with two attached hydrogens (primary N) is 1. The summed E-state index contributed by atoms with van der Waals surface area (Å²) in [4.78, 5) is 0. The molecule has 0 aromatic heterocycles. The first-order valence-electron chi connectivity index (χ1n) is 4.10. The summed E-state index contributed by atoms with van der Waals surface area (Å²) < 4.78 is 22.9. The van der Waals surface area contributed by atoms with Crippen LogP contribution in [0.15, 0.2) is 30.3 Å². The Labute approximate surface area is 83.3 Å². The van der Waals surface area contributed by atoms with E-state index in [0.29, 0.717) is 5.56 Å². The van der Waals surface area contributed by atoms with Crippen molar-refractivity contribution in [2.45, 2.75) is 17.7 Å². The predicted molar refractivity (Wildman–Crippen MR) is 53.9 cm³/mol. The van der Waals surface area contributed by atoms with Crippen molar-refractivity contribution in [2.24, 2.45) is 5.73 Å². The zero-order chi connectivity index (χ0) is 10.8. The third kappa shape index (κ3) is 2.54. The third-order valence-electron chi connectivity index (χ3n) is 1.83. The molecule has 1 unspecified atom stereocenters. The standard InChI is InChI=1S/C9H13NO3S/c1-9(10,11)14(12,13)7-8-5-3-2-4-6-8/h2-6,11H,7,10H2,1H3. The van der Waals surface area contributed by atoms with E-state index in [4.69, 9.17) is 5.73 Å². The molecular weight excluding hydrogens is 202 g/mol. The van der Waals surface area contributed by atoms with E-state index < -0.39 is 14.9 Å². The average molecular weight is 215 g/mol. The summed E-state index contributed by atoms with van der Waals surface area (Å²) in [5, 5.41) is 7.02. The number of sulfone groups is 1. The summed E-state index contributed by atoms with van der Waals surface area (Å²) in [5.74, 6) is -0.253. The zero-order valence-electron chi connectivity index (χ0n) is 7.84. The normalized spacial score (nSPS) is 16.2. The summed E-state index contributed by atoms with van der Waals surface area (Å²) >= 11 is 0. The molecule has 0 saturated carbocycles. The highest BCUT2D eigenvalue weighted by molar-refractivity contribution is 7.91. The van der Waals surface area contributed by atoms with Crippen molar-refractivity contribution in [2.75, 3.05) is 0 Å². The summed E-state index contributed by atoms with van der Waals surface area (Å²) in [7, 11) is -3.72. The minimum absolute atomic E-state index is 0.253. The highest BCUT2D eigenvalue weighted by Gasteiger charge is 2.31. The minimum atomic E-state index is -3.72. The first-order chi connectivity index (χ1) is 6.33. The van der Waals surface area contributed by atoms with Gasteiger partial charge in [-0.25, -0.2) is 8.42 Å². The van der Waals surface area contributed by atoms with Crippen LogP contribution in [0.4, 0.5) is 0 Å². The Hall–Kier alpha value is -0.910. The highest BCUT2D eigenvalue weighted by Crippen LogP contribution is 2.13. The molecule has 14 heavy (non-hydrogen) atoms. The van der Waals surface area contributed by atoms with Crippen LogP contribution < -0.4 is 5.73 Å². The predicted octanol–water partition coefficient (Wildman–Crippen LogP) is 0.226. The second kappa shape index (κ2) is 3.68. The van der Waals surface area contributed by atoms with Crippen LogP contribution in [0.5, 0.6) is 0 Å². The van der Waals surface area contributed by atoms with Crippen LogP contribution in [0.25, 0.3) is 0 Å². The van der Waals surface area contributed by atoms with Crippen molar-refractivity contribution in [3.63, 3.8) is 0 Å². The Morgan fingerprint density at radius 3 is 2.29 bits per heavy atom. The molecule has 0 radical (unpaired) electrons. The van der Waals surface area contributed by atoms with Gasteiger partial charge in [0, 0.05) is 0 Å². The fraction of sp³-hybridized carbons (Fsp3) is 0.333. The molecule has 0 aliphatic heterocycles. The van der Waals surface area contributed by atoms with Crippen LogP contribution in [-0.4, -0.2) is 18.6 Å². The fourth-order valence-electron chi connectivity index (χ4n) is 0.940. The first-order valence-corrected chi connectivity index (χ1v) is 5.75. The highest BCUT2D eigenvalue weighted by atomic mass is 32.2. The van der Waals surface area contributed by atoms with Crippen LogP contribution in [0.3, 0.4) is 0 Å². The van der Waals surface area contributed by atoms with Crippen molar-refractivity contribution < 1.29 is 13.5 Å². The summed E-state index contributed by atoms with van der Waals surface area (Å²) in [5.41, 5.74) is 5.74. The van der Waals surface area contributed by atoms with E-state index in [1.165, 1.54) is 0 Å². The Morgan fingerprint density at radius 2 is 1.86 bits per heavy atom. The van der Waals surface area contributed by atoms with E-state index in [9.17, 15) is 13.5 Å². The molecule has 1 aromatic rings. The van der Waals surface area contributed by atoms with Gasteiger partial charge in [-0.2, -0.15) is 0 Å². The average Bonchev–Trinajstić information content (AvgIpc) is 2.03. The van der Waals surface area contributed by atoms with Gasteiger partial charge in [-0.3, -0.25) is 5.73 Å². The number of benzene rings is 1. The van der Waals surface area contributed by atoms with Crippen LogP contribution in [0, 0.1) is 0 Å². The topological polar surface area (TPSA) is 80.4 Å². The molecule has 0 amide bonds. The molecule has 4 nitrogen and oxygen atoms in total. The van der Waals surface area contributed by atoms with Crippen molar-refractivity contribution in [1.82, 2.24) is 0 Å². The second-order valence-corrected chi connectivity index (χ2v) is 5.64. The Kier molecular flexibility index (Phi) is 2.94. The first kappa shape index (κ1) is 11.2.